The molecule has 0 aliphatic rings. The summed E-state index contributed by atoms with van der Waals surface area (Å²) in [5, 5.41) is 0. The van der Waals surface area contributed by atoms with E-state index in [1.165, 1.54) is 6.07 Å². The Hall–Kier alpha value is -0.920. The number of thioether (sulfide) groups is 1. The topological polar surface area (TPSA) is 12.9 Å². The lowest BCUT2D eigenvalue weighted by atomic mass is 10.3. The first-order valence-electron chi connectivity index (χ1n) is 4.85. The van der Waals surface area contributed by atoms with Crippen LogP contribution in [0, 0.1) is 0 Å². The molecule has 1 rings (SSSR count). The Morgan fingerprint density at radius 1 is 1.06 bits per heavy atom. The number of hydrogen-bond donors (Lipinski definition) is 0. The number of aromatic nitrogens is 1. The van der Waals surface area contributed by atoms with Crippen LogP contribution >= 0.6 is 11.8 Å². The second-order valence-corrected chi connectivity index (χ2v) is 4.57. The summed E-state index contributed by atoms with van der Waals surface area (Å²) in [7, 11) is 0. The average Bonchev–Trinajstić information content (AvgIpc) is 2.22. The maximum atomic E-state index is 12.2. The molecule has 102 valence electrons. The third-order valence-corrected chi connectivity index (χ3v) is 2.94. The number of halogens is 6. The van der Waals surface area contributed by atoms with Crippen LogP contribution in [0.25, 0.3) is 0 Å². The molecule has 0 aromatic carbocycles. The van der Waals surface area contributed by atoms with Gasteiger partial charge in [-0.3, -0.25) is 4.98 Å². The Morgan fingerprint density at radius 3 is 2.17 bits per heavy atom. The fraction of sp³-hybridized carbons (Fsp3) is 0.500. The lowest BCUT2D eigenvalue weighted by molar-refractivity contribution is -0.141. The van der Waals surface area contributed by atoms with Gasteiger partial charge in [0.2, 0.25) is 0 Å². The van der Waals surface area contributed by atoms with Crippen molar-refractivity contribution < 1.29 is 26.3 Å². The van der Waals surface area contributed by atoms with Crippen LogP contribution in [0.5, 0.6) is 0 Å². The van der Waals surface area contributed by atoms with Gasteiger partial charge in [0.15, 0.2) is 0 Å². The van der Waals surface area contributed by atoms with E-state index in [1.54, 1.807) is 0 Å². The van der Waals surface area contributed by atoms with Crippen LogP contribution in [0.15, 0.2) is 18.3 Å². The molecule has 0 bridgehead atoms. The van der Waals surface area contributed by atoms with Gasteiger partial charge in [-0.1, -0.05) is 6.07 Å². The molecule has 0 aliphatic carbocycles. The lowest BCUT2D eigenvalue weighted by Gasteiger charge is -2.07. The van der Waals surface area contributed by atoms with E-state index in [0.717, 1.165) is 24.0 Å². The van der Waals surface area contributed by atoms with E-state index in [0.29, 0.717) is 5.56 Å². The molecule has 8 heteroatoms. The van der Waals surface area contributed by atoms with Crippen molar-refractivity contribution in [2.45, 2.75) is 24.5 Å². The molecule has 1 aromatic rings. The molecule has 0 fully saturated rings. The zero-order valence-electron chi connectivity index (χ0n) is 8.98. The SMILES string of the molecule is FC(F)(F)CCSCc1ccc(C(F)(F)F)nc1. The van der Waals surface area contributed by atoms with Gasteiger partial charge in [0.1, 0.15) is 5.69 Å². The van der Waals surface area contributed by atoms with Gasteiger partial charge in [-0.05, 0) is 11.6 Å². The second kappa shape index (κ2) is 5.81. The van der Waals surface area contributed by atoms with Crippen LogP contribution in [-0.4, -0.2) is 16.9 Å². The van der Waals surface area contributed by atoms with Crippen molar-refractivity contribution in [2.24, 2.45) is 0 Å². The Kier molecular flexibility index (Phi) is 4.89. The van der Waals surface area contributed by atoms with E-state index >= 15 is 0 Å². The van der Waals surface area contributed by atoms with Crippen molar-refractivity contribution in [3.63, 3.8) is 0 Å². The van der Waals surface area contributed by atoms with Crippen LogP contribution < -0.4 is 0 Å². The highest BCUT2D eigenvalue weighted by atomic mass is 32.2. The van der Waals surface area contributed by atoms with Crippen LogP contribution in [0.2, 0.25) is 0 Å². The fourth-order valence-corrected chi connectivity index (χ4v) is 1.98. The maximum Gasteiger partial charge on any atom is 0.433 e. The smallest absolute Gasteiger partial charge is 0.251 e. The van der Waals surface area contributed by atoms with Gasteiger partial charge in [0, 0.05) is 17.7 Å². The summed E-state index contributed by atoms with van der Waals surface area (Å²) >= 11 is 1.01. The highest BCUT2D eigenvalue weighted by molar-refractivity contribution is 7.98. The van der Waals surface area contributed by atoms with E-state index in [2.05, 4.69) is 4.98 Å². The highest BCUT2D eigenvalue weighted by Crippen LogP contribution is 2.28. The molecule has 0 spiro atoms. The molecule has 0 N–H and O–H groups in total. The van der Waals surface area contributed by atoms with Gasteiger partial charge < -0.3 is 0 Å². The Balaban J connectivity index is 2.41. The third kappa shape index (κ3) is 5.61. The summed E-state index contributed by atoms with van der Waals surface area (Å²) in [6.45, 7) is 0. The van der Waals surface area contributed by atoms with Crippen molar-refractivity contribution in [1.29, 1.82) is 0 Å². The van der Waals surface area contributed by atoms with Crippen LogP contribution in [0.4, 0.5) is 26.3 Å². The molecular formula is C10H9F6NS. The van der Waals surface area contributed by atoms with E-state index in [1.807, 2.05) is 0 Å². The Morgan fingerprint density at radius 2 is 1.72 bits per heavy atom. The fourth-order valence-electron chi connectivity index (χ4n) is 1.06. The van der Waals surface area contributed by atoms with E-state index in [-0.39, 0.29) is 11.5 Å². The molecule has 0 saturated carbocycles. The van der Waals surface area contributed by atoms with Crippen LogP contribution in [0.1, 0.15) is 17.7 Å². The largest absolute Gasteiger partial charge is 0.433 e. The standard InChI is InChI=1S/C10H9F6NS/c11-9(12,13)3-4-18-6-7-1-2-8(17-5-7)10(14,15)16/h1-2,5H,3-4,6H2. The number of hydrogen-bond acceptors (Lipinski definition) is 2. The summed E-state index contributed by atoms with van der Waals surface area (Å²) in [6, 6.07) is 2.04. The monoisotopic (exact) mass is 289 g/mol. The first-order chi connectivity index (χ1) is 8.18. The molecule has 1 aromatic heterocycles. The number of rotatable bonds is 4. The predicted molar refractivity (Wildman–Crippen MR) is 56.1 cm³/mol. The van der Waals surface area contributed by atoms with E-state index < -0.39 is 24.5 Å². The molecule has 0 atom stereocenters. The van der Waals surface area contributed by atoms with E-state index in [4.69, 9.17) is 0 Å². The van der Waals surface area contributed by atoms with Gasteiger partial charge in [0.25, 0.3) is 0 Å². The predicted octanol–water partition coefficient (Wildman–Crippen LogP) is 4.29. The molecule has 0 saturated heterocycles. The van der Waals surface area contributed by atoms with Crippen LogP contribution in [0.3, 0.4) is 0 Å². The summed E-state index contributed by atoms with van der Waals surface area (Å²) in [5.41, 5.74) is -0.540. The average molecular weight is 289 g/mol. The zero-order valence-corrected chi connectivity index (χ0v) is 9.79. The first kappa shape index (κ1) is 15.1. The molecule has 0 amide bonds. The quantitative estimate of drug-likeness (QED) is 0.606. The normalized spacial score (nSPS) is 12.8. The second-order valence-electron chi connectivity index (χ2n) is 3.47. The third-order valence-electron chi connectivity index (χ3n) is 1.91. The number of alkyl halides is 6. The number of nitrogens with zero attached hydrogens (tertiary/aromatic N) is 1. The van der Waals surface area contributed by atoms with Crippen LogP contribution in [-0.2, 0) is 11.9 Å². The molecule has 0 aliphatic heterocycles. The zero-order chi connectivity index (χ0) is 13.8. The number of pyridine rings is 1. The summed E-state index contributed by atoms with van der Waals surface area (Å²) in [6.07, 6.45) is -8.58. The van der Waals surface area contributed by atoms with E-state index in [9.17, 15) is 26.3 Å². The van der Waals surface area contributed by atoms with Crippen molar-refractivity contribution in [2.75, 3.05) is 5.75 Å². The Bertz CT molecular complexity index is 369. The van der Waals surface area contributed by atoms with Crippen molar-refractivity contribution >= 4 is 11.8 Å². The van der Waals surface area contributed by atoms with Gasteiger partial charge >= 0.3 is 12.4 Å². The minimum Gasteiger partial charge on any atom is -0.251 e. The maximum absolute atomic E-state index is 12.2. The van der Waals surface area contributed by atoms with Crippen molar-refractivity contribution in [3.05, 3.63) is 29.6 Å². The van der Waals surface area contributed by atoms with Gasteiger partial charge in [0.05, 0.1) is 6.42 Å². The van der Waals surface area contributed by atoms with Crippen molar-refractivity contribution in [3.8, 4) is 0 Å². The summed E-state index contributed by atoms with van der Waals surface area (Å²) < 4.78 is 71.9. The Labute approximate surface area is 104 Å². The summed E-state index contributed by atoms with van der Waals surface area (Å²) in [5.74, 6) is 0.0890. The summed E-state index contributed by atoms with van der Waals surface area (Å²) in [4.78, 5) is 3.22. The molecule has 0 unspecified atom stereocenters. The molecule has 0 radical (unpaired) electrons. The van der Waals surface area contributed by atoms with Gasteiger partial charge in [-0.2, -0.15) is 38.1 Å². The minimum atomic E-state index is -4.50. The lowest BCUT2D eigenvalue weighted by Crippen LogP contribution is -2.08. The first-order valence-corrected chi connectivity index (χ1v) is 6.00. The van der Waals surface area contributed by atoms with Gasteiger partial charge in [-0.15, -0.1) is 0 Å². The molecule has 18 heavy (non-hydrogen) atoms. The molecular weight excluding hydrogens is 280 g/mol. The van der Waals surface area contributed by atoms with Gasteiger partial charge in [-0.25, -0.2) is 0 Å². The van der Waals surface area contributed by atoms with Crippen molar-refractivity contribution in [1.82, 2.24) is 4.98 Å². The molecule has 1 nitrogen and oxygen atoms in total. The highest BCUT2D eigenvalue weighted by Gasteiger charge is 2.32. The molecule has 1 heterocycles. The minimum absolute atomic E-state index is 0.121.